The normalized spacial score (nSPS) is 21.6. The molecule has 0 spiro atoms. The van der Waals surface area contributed by atoms with Crippen LogP contribution in [0.4, 0.5) is 20.7 Å². The van der Waals surface area contributed by atoms with Crippen molar-refractivity contribution in [2.24, 2.45) is 0 Å². The van der Waals surface area contributed by atoms with Crippen LogP contribution in [0.25, 0.3) is 0 Å². The van der Waals surface area contributed by atoms with Crippen molar-refractivity contribution in [3.05, 3.63) is 40.8 Å². The van der Waals surface area contributed by atoms with Gasteiger partial charge in [-0.2, -0.15) is 5.10 Å². The summed E-state index contributed by atoms with van der Waals surface area (Å²) in [6.45, 7) is 4.09. The Labute approximate surface area is 192 Å². The molecule has 11 heteroatoms. The molecular weight excluding hydrogens is 451 g/mol. The Kier molecular flexibility index (Phi) is 6.37. The van der Waals surface area contributed by atoms with Crippen molar-refractivity contribution in [1.82, 2.24) is 15.5 Å². The Hall–Kier alpha value is -2.66. The van der Waals surface area contributed by atoms with Gasteiger partial charge in [0.1, 0.15) is 6.10 Å². The number of aromatic nitrogens is 2. The van der Waals surface area contributed by atoms with E-state index in [0.717, 1.165) is 18.5 Å². The van der Waals surface area contributed by atoms with Crippen molar-refractivity contribution in [3.63, 3.8) is 0 Å². The molecule has 1 amide bonds. The highest BCUT2D eigenvalue weighted by molar-refractivity contribution is 7.90. The predicted octanol–water partition coefficient (Wildman–Crippen LogP) is 3.51. The van der Waals surface area contributed by atoms with Crippen LogP contribution >= 0.6 is 0 Å². The Morgan fingerprint density at radius 3 is 2.85 bits per heavy atom. The molecule has 180 valence electrons. The Morgan fingerprint density at radius 1 is 1.30 bits per heavy atom. The quantitative estimate of drug-likeness (QED) is 0.554. The van der Waals surface area contributed by atoms with E-state index in [1.165, 1.54) is 6.07 Å². The van der Waals surface area contributed by atoms with Gasteiger partial charge in [0.25, 0.3) is 0 Å². The van der Waals surface area contributed by atoms with Crippen molar-refractivity contribution in [2.45, 2.75) is 62.2 Å². The molecule has 0 saturated heterocycles. The van der Waals surface area contributed by atoms with Crippen LogP contribution in [0, 0.1) is 5.82 Å². The fourth-order valence-electron chi connectivity index (χ4n) is 4.49. The molecule has 2 aromatic rings. The Balaban J connectivity index is 1.35. The van der Waals surface area contributed by atoms with Gasteiger partial charge in [0.2, 0.25) is 0 Å². The average Bonchev–Trinajstić information content (AvgIpc) is 3.41. The number of carbonyl (C=O) groups excluding carboxylic acids is 1. The van der Waals surface area contributed by atoms with Crippen LogP contribution < -0.4 is 10.6 Å². The number of H-pyrrole nitrogens is 1. The standard InChI is InChI=1S/C22H29FN4O5S/c1-22(2,12-31-3)25-21(28)32-15-6-4-13(8-15)18-9-19(27-26-18)24-17-7-5-14-10-33(29,30)11-16(14)20(17)23/h5,7,9,13,15H,4,6,8,10-12H2,1-3H3,(H,25,28)(H2,24,26,27)/t13-,15+/m1/s1. The maximum absolute atomic E-state index is 14.8. The van der Waals surface area contributed by atoms with Gasteiger partial charge in [0.05, 0.1) is 29.3 Å². The highest BCUT2D eigenvalue weighted by Crippen LogP contribution is 2.37. The highest BCUT2D eigenvalue weighted by atomic mass is 32.2. The molecule has 9 nitrogen and oxygen atoms in total. The minimum absolute atomic E-state index is 0.126. The van der Waals surface area contributed by atoms with Crippen LogP contribution in [0.15, 0.2) is 18.2 Å². The number of rotatable bonds is 7. The number of nitrogens with zero attached hydrogens (tertiary/aromatic N) is 1. The number of fused-ring (bicyclic) bond motifs is 1. The third kappa shape index (κ3) is 5.47. The van der Waals surface area contributed by atoms with Gasteiger partial charge < -0.3 is 20.1 Å². The van der Waals surface area contributed by atoms with Crippen molar-refractivity contribution >= 4 is 27.4 Å². The van der Waals surface area contributed by atoms with Crippen molar-refractivity contribution in [1.29, 1.82) is 0 Å². The summed E-state index contributed by atoms with van der Waals surface area (Å²) in [4.78, 5) is 12.2. The average molecular weight is 481 g/mol. The van der Waals surface area contributed by atoms with E-state index in [-0.39, 0.29) is 34.8 Å². The van der Waals surface area contributed by atoms with E-state index in [9.17, 15) is 17.6 Å². The van der Waals surface area contributed by atoms with Gasteiger partial charge in [0, 0.05) is 30.4 Å². The summed E-state index contributed by atoms with van der Waals surface area (Å²) in [5, 5.41) is 12.9. The molecule has 1 aliphatic carbocycles. The van der Waals surface area contributed by atoms with Crippen LogP contribution in [0.3, 0.4) is 0 Å². The molecular formula is C22H29FN4O5S. The lowest BCUT2D eigenvalue weighted by Crippen LogP contribution is -2.47. The molecule has 0 radical (unpaired) electrons. The highest BCUT2D eigenvalue weighted by Gasteiger charge is 2.32. The number of anilines is 2. The molecule has 1 aromatic heterocycles. The lowest BCUT2D eigenvalue weighted by molar-refractivity contribution is 0.0771. The van der Waals surface area contributed by atoms with E-state index in [0.29, 0.717) is 24.4 Å². The first kappa shape index (κ1) is 23.5. The molecule has 0 unspecified atom stereocenters. The molecule has 0 bridgehead atoms. The van der Waals surface area contributed by atoms with E-state index >= 15 is 0 Å². The third-order valence-corrected chi connectivity index (χ3v) is 7.46. The second-order valence-electron chi connectivity index (χ2n) is 9.41. The minimum atomic E-state index is -3.29. The first-order valence-electron chi connectivity index (χ1n) is 10.9. The molecule has 3 N–H and O–H groups in total. The van der Waals surface area contributed by atoms with Gasteiger partial charge in [0.15, 0.2) is 21.5 Å². The number of alkyl carbamates (subject to hydrolysis) is 1. The van der Waals surface area contributed by atoms with Crippen LogP contribution in [-0.2, 0) is 30.8 Å². The fraction of sp³-hybridized carbons (Fsp3) is 0.545. The van der Waals surface area contributed by atoms with Crippen molar-refractivity contribution in [2.75, 3.05) is 19.0 Å². The maximum Gasteiger partial charge on any atom is 0.407 e. The SMILES string of the molecule is COCC(C)(C)NC(=O)O[C@H]1CC[C@@H](c2cc(Nc3ccc4c(c3F)CS(=O)(=O)C4)n[nH]2)C1. The summed E-state index contributed by atoms with van der Waals surface area (Å²) in [7, 11) is -1.71. The van der Waals surface area contributed by atoms with Crippen LogP contribution in [-0.4, -0.2) is 50.1 Å². The monoisotopic (exact) mass is 480 g/mol. The minimum Gasteiger partial charge on any atom is -0.446 e. The largest absolute Gasteiger partial charge is 0.446 e. The van der Waals surface area contributed by atoms with E-state index < -0.39 is 27.3 Å². The third-order valence-electron chi connectivity index (χ3n) is 5.98. The summed E-state index contributed by atoms with van der Waals surface area (Å²) in [5.41, 5.74) is 1.26. The number of halogens is 1. The van der Waals surface area contributed by atoms with Crippen LogP contribution in [0.1, 0.15) is 55.8 Å². The van der Waals surface area contributed by atoms with Gasteiger partial charge in [-0.3, -0.25) is 5.10 Å². The van der Waals surface area contributed by atoms with Crippen molar-refractivity contribution in [3.8, 4) is 0 Å². The maximum atomic E-state index is 14.8. The summed E-state index contributed by atoms with van der Waals surface area (Å²) in [6.07, 6.45) is 1.54. The zero-order chi connectivity index (χ0) is 23.8. The van der Waals surface area contributed by atoms with Crippen LogP contribution in [0.2, 0.25) is 0 Å². The second-order valence-corrected chi connectivity index (χ2v) is 11.5. The van der Waals surface area contributed by atoms with E-state index in [1.807, 2.05) is 13.8 Å². The van der Waals surface area contributed by atoms with E-state index in [2.05, 4.69) is 20.8 Å². The molecule has 33 heavy (non-hydrogen) atoms. The molecule has 1 fully saturated rings. The number of amides is 1. The number of nitrogens with one attached hydrogen (secondary N) is 3. The molecule has 2 aliphatic rings. The molecule has 1 saturated carbocycles. The molecule has 1 aliphatic heterocycles. The second kappa shape index (κ2) is 8.94. The zero-order valence-electron chi connectivity index (χ0n) is 18.9. The first-order valence-corrected chi connectivity index (χ1v) is 12.7. The van der Waals surface area contributed by atoms with Gasteiger partial charge in [-0.15, -0.1) is 0 Å². The number of benzene rings is 1. The lowest BCUT2D eigenvalue weighted by Gasteiger charge is -2.25. The van der Waals surface area contributed by atoms with Gasteiger partial charge in [-0.1, -0.05) is 6.07 Å². The first-order chi connectivity index (χ1) is 15.5. The number of carbonyl (C=O) groups is 1. The number of aromatic amines is 1. The van der Waals surface area contributed by atoms with E-state index in [1.54, 1.807) is 19.2 Å². The molecule has 1 aromatic carbocycles. The summed E-state index contributed by atoms with van der Waals surface area (Å²) in [6, 6.07) is 4.97. The number of hydrogen-bond donors (Lipinski definition) is 3. The molecule has 4 rings (SSSR count). The Bertz CT molecular complexity index is 1150. The summed E-state index contributed by atoms with van der Waals surface area (Å²) >= 11 is 0. The topological polar surface area (TPSA) is 122 Å². The van der Waals surface area contributed by atoms with Gasteiger partial charge >= 0.3 is 6.09 Å². The number of ether oxygens (including phenoxy) is 2. The lowest BCUT2D eigenvalue weighted by atomic mass is 10.0. The van der Waals surface area contributed by atoms with Gasteiger partial charge in [-0.05, 0) is 44.7 Å². The smallest absolute Gasteiger partial charge is 0.407 e. The van der Waals surface area contributed by atoms with Gasteiger partial charge in [-0.25, -0.2) is 17.6 Å². The number of hydrogen-bond acceptors (Lipinski definition) is 7. The summed E-state index contributed by atoms with van der Waals surface area (Å²) < 4.78 is 49.1. The number of methoxy groups -OCH3 is 1. The van der Waals surface area contributed by atoms with E-state index in [4.69, 9.17) is 9.47 Å². The fourth-order valence-corrected chi connectivity index (χ4v) is 6.09. The number of sulfone groups is 1. The molecule has 2 atom stereocenters. The summed E-state index contributed by atoms with van der Waals surface area (Å²) in [5.74, 6) is -0.399. The zero-order valence-corrected chi connectivity index (χ0v) is 19.7. The Morgan fingerprint density at radius 2 is 2.09 bits per heavy atom. The van der Waals surface area contributed by atoms with Crippen LogP contribution in [0.5, 0.6) is 0 Å². The van der Waals surface area contributed by atoms with Crippen molar-refractivity contribution < 1.29 is 27.1 Å². The molecule has 2 heterocycles. The predicted molar refractivity (Wildman–Crippen MR) is 121 cm³/mol.